The fourth-order valence-electron chi connectivity index (χ4n) is 2.39. The summed E-state index contributed by atoms with van der Waals surface area (Å²) < 4.78 is 5.12. The Balaban J connectivity index is 1.53. The zero-order chi connectivity index (χ0) is 20.1. The van der Waals surface area contributed by atoms with Crippen LogP contribution in [0.25, 0.3) is 0 Å². The summed E-state index contributed by atoms with van der Waals surface area (Å²) >= 11 is 1.30. The van der Waals surface area contributed by atoms with Crippen LogP contribution < -0.4 is 5.32 Å². The Morgan fingerprint density at radius 2 is 1.89 bits per heavy atom. The molecule has 3 aromatic rings. The molecule has 7 nitrogen and oxygen atoms in total. The van der Waals surface area contributed by atoms with Crippen LogP contribution in [0, 0.1) is 6.92 Å². The number of nitrogens with zero attached hydrogens (tertiary/aromatic N) is 1. The molecule has 0 saturated heterocycles. The lowest BCUT2D eigenvalue weighted by Gasteiger charge is -2.05. The van der Waals surface area contributed by atoms with Crippen LogP contribution in [-0.2, 0) is 22.6 Å². The van der Waals surface area contributed by atoms with Crippen molar-refractivity contribution in [3.05, 3.63) is 69.7 Å². The van der Waals surface area contributed by atoms with Crippen molar-refractivity contribution >= 4 is 28.9 Å². The summed E-state index contributed by atoms with van der Waals surface area (Å²) in [4.78, 5) is 28.4. The fourth-order valence-corrected chi connectivity index (χ4v) is 3.16. The van der Waals surface area contributed by atoms with Gasteiger partial charge in [0.25, 0.3) is 0 Å². The van der Waals surface area contributed by atoms with E-state index >= 15 is 0 Å². The van der Waals surface area contributed by atoms with Crippen molar-refractivity contribution in [3.8, 4) is 11.5 Å². The largest absolute Gasteiger partial charge is 0.508 e. The fraction of sp³-hybridized carbons (Fsp3) is 0.150. The van der Waals surface area contributed by atoms with Gasteiger partial charge in [-0.2, -0.15) is 0 Å². The first-order valence-electron chi connectivity index (χ1n) is 8.39. The average Bonchev–Trinajstić information content (AvgIpc) is 3.09. The van der Waals surface area contributed by atoms with E-state index in [1.165, 1.54) is 23.5 Å². The van der Waals surface area contributed by atoms with E-state index in [0.29, 0.717) is 10.7 Å². The molecule has 0 saturated carbocycles. The van der Waals surface area contributed by atoms with Crippen LogP contribution in [0.3, 0.4) is 0 Å². The highest BCUT2D eigenvalue weighted by atomic mass is 32.1. The number of hydrogen-bond acceptors (Lipinski definition) is 7. The maximum Gasteiger partial charge on any atom is 0.342 e. The molecule has 0 spiro atoms. The normalized spacial score (nSPS) is 10.5. The van der Waals surface area contributed by atoms with Crippen molar-refractivity contribution in [1.29, 1.82) is 0 Å². The van der Waals surface area contributed by atoms with Gasteiger partial charge in [0.2, 0.25) is 5.91 Å². The lowest BCUT2D eigenvalue weighted by atomic mass is 10.2. The van der Waals surface area contributed by atoms with Crippen molar-refractivity contribution in [2.24, 2.45) is 0 Å². The van der Waals surface area contributed by atoms with Gasteiger partial charge in [-0.15, -0.1) is 11.3 Å². The number of amides is 1. The molecular weight excluding hydrogens is 380 g/mol. The van der Waals surface area contributed by atoms with Crippen LogP contribution >= 0.6 is 11.3 Å². The number of benzene rings is 2. The van der Waals surface area contributed by atoms with Crippen LogP contribution in [-0.4, -0.2) is 27.1 Å². The Hall–Kier alpha value is -3.39. The maximum atomic E-state index is 12.1. The zero-order valence-electron chi connectivity index (χ0n) is 15.0. The number of esters is 1. The van der Waals surface area contributed by atoms with E-state index in [2.05, 4.69) is 10.3 Å². The second kappa shape index (κ2) is 8.53. The number of nitrogens with one attached hydrogen (secondary N) is 1. The first kappa shape index (κ1) is 19.4. The van der Waals surface area contributed by atoms with E-state index in [1.807, 2.05) is 31.2 Å². The third-order valence-electron chi connectivity index (χ3n) is 3.80. The molecule has 0 aliphatic rings. The lowest BCUT2D eigenvalue weighted by Crippen LogP contribution is -2.14. The quantitative estimate of drug-likeness (QED) is 0.549. The van der Waals surface area contributed by atoms with Crippen LogP contribution in [0.5, 0.6) is 11.5 Å². The van der Waals surface area contributed by atoms with E-state index in [-0.39, 0.29) is 36.0 Å². The van der Waals surface area contributed by atoms with Crippen molar-refractivity contribution in [3.63, 3.8) is 0 Å². The highest BCUT2D eigenvalue weighted by molar-refractivity contribution is 7.09. The Morgan fingerprint density at radius 1 is 1.14 bits per heavy atom. The number of carbonyl (C=O) groups is 2. The van der Waals surface area contributed by atoms with Crippen LogP contribution in [0.1, 0.15) is 26.6 Å². The third kappa shape index (κ3) is 5.08. The minimum atomic E-state index is -0.732. The molecule has 1 aromatic heterocycles. The summed E-state index contributed by atoms with van der Waals surface area (Å²) in [5, 5.41) is 24.0. The number of rotatable bonds is 6. The van der Waals surface area contributed by atoms with Crippen LogP contribution in [0.4, 0.5) is 5.69 Å². The average molecular weight is 398 g/mol. The number of anilines is 1. The maximum absolute atomic E-state index is 12.1. The molecule has 0 bridgehead atoms. The summed E-state index contributed by atoms with van der Waals surface area (Å²) in [6.07, 6.45) is 0.116. The van der Waals surface area contributed by atoms with E-state index in [9.17, 15) is 19.8 Å². The molecular formula is C20H18N2O5S. The number of carbonyl (C=O) groups excluding carboxylic acids is 2. The van der Waals surface area contributed by atoms with Gasteiger partial charge in [-0.25, -0.2) is 9.78 Å². The number of phenolic OH excluding ortho intramolecular Hbond substituents is 2. The Bertz CT molecular complexity index is 998. The van der Waals surface area contributed by atoms with Crippen molar-refractivity contribution < 1.29 is 24.5 Å². The highest BCUT2D eigenvalue weighted by Crippen LogP contribution is 2.23. The van der Waals surface area contributed by atoms with Crippen molar-refractivity contribution in [1.82, 2.24) is 4.98 Å². The Labute approximate surface area is 165 Å². The van der Waals surface area contributed by atoms with Crippen LogP contribution in [0.2, 0.25) is 0 Å². The highest BCUT2D eigenvalue weighted by Gasteiger charge is 2.15. The SMILES string of the molecule is Cc1ccc(NC(=O)Cc2nc(COC(=O)c3ccc(O)cc3O)cs2)cc1. The molecule has 28 heavy (non-hydrogen) atoms. The van der Waals surface area contributed by atoms with Gasteiger partial charge in [-0.05, 0) is 31.2 Å². The summed E-state index contributed by atoms with van der Waals surface area (Å²) in [5.74, 6) is -1.43. The monoisotopic (exact) mass is 398 g/mol. The van der Waals surface area contributed by atoms with E-state index in [0.717, 1.165) is 17.3 Å². The van der Waals surface area contributed by atoms with E-state index < -0.39 is 5.97 Å². The van der Waals surface area contributed by atoms with Gasteiger partial charge in [0.05, 0.1) is 12.1 Å². The predicted molar refractivity (Wildman–Crippen MR) is 105 cm³/mol. The summed E-state index contributed by atoms with van der Waals surface area (Å²) in [6.45, 7) is 1.88. The molecule has 0 radical (unpaired) electrons. The molecule has 0 fully saturated rings. The number of aryl methyl sites for hydroxylation is 1. The third-order valence-corrected chi connectivity index (χ3v) is 4.70. The number of ether oxygens (including phenoxy) is 1. The number of aromatic nitrogens is 1. The molecule has 1 heterocycles. The van der Waals surface area contributed by atoms with Gasteiger partial charge in [0.15, 0.2) is 0 Å². The molecule has 8 heteroatoms. The molecule has 0 aliphatic heterocycles. The zero-order valence-corrected chi connectivity index (χ0v) is 15.8. The minimum absolute atomic E-state index is 0.0503. The first-order valence-corrected chi connectivity index (χ1v) is 9.27. The molecule has 0 aliphatic carbocycles. The van der Waals surface area contributed by atoms with Gasteiger partial charge < -0.3 is 20.3 Å². The topological polar surface area (TPSA) is 109 Å². The molecule has 3 N–H and O–H groups in total. The summed E-state index contributed by atoms with van der Waals surface area (Å²) in [6, 6.07) is 11.1. The summed E-state index contributed by atoms with van der Waals surface area (Å²) in [5.41, 5.74) is 2.29. The van der Waals surface area contributed by atoms with Crippen molar-refractivity contribution in [2.45, 2.75) is 20.0 Å². The number of hydrogen-bond donors (Lipinski definition) is 3. The minimum Gasteiger partial charge on any atom is -0.508 e. The number of aromatic hydroxyl groups is 2. The molecule has 0 unspecified atom stereocenters. The second-order valence-electron chi connectivity index (χ2n) is 6.10. The molecule has 2 aromatic carbocycles. The molecule has 3 rings (SSSR count). The van der Waals surface area contributed by atoms with E-state index in [4.69, 9.17) is 4.74 Å². The molecule has 0 atom stereocenters. The van der Waals surface area contributed by atoms with Gasteiger partial charge in [0, 0.05) is 17.1 Å². The van der Waals surface area contributed by atoms with Gasteiger partial charge in [0.1, 0.15) is 28.7 Å². The molecule has 1 amide bonds. The van der Waals surface area contributed by atoms with Gasteiger partial charge in [-0.1, -0.05) is 17.7 Å². The Morgan fingerprint density at radius 3 is 2.61 bits per heavy atom. The number of phenols is 2. The first-order chi connectivity index (χ1) is 13.4. The van der Waals surface area contributed by atoms with Gasteiger partial charge in [-0.3, -0.25) is 4.79 Å². The summed E-state index contributed by atoms with van der Waals surface area (Å²) in [7, 11) is 0. The van der Waals surface area contributed by atoms with Crippen molar-refractivity contribution in [2.75, 3.05) is 5.32 Å². The smallest absolute Gasteiger partial charge is 0.342 e. The number of thiazole rings is 1. The van der Waals surface area contributed by atoms with E-state index in [1.54, 1.807) is 5.38 Å². The molecule has 144 valence electrons. The lowest BCUT2D eigenvalue weighted by molar-refractivity contribution is -0.115. The Kier molecular flexibility index (Phi) is 5.90. The predicted octanol–water partition coefficient (Wildman–Crippen LogP) is 3.40. The van der Waals surface area contributed by atoms with Crippen LogP contribution in [0.15, 0.2) is 47.8 Å². The standard InChI is InChI=1S/C20H18N2O5S/c1-12-2-4-13(5-3-12)21-18(25)9-19-22-14(11-28-19)10-27-20(26)16-7-6-15(23)8-17(16)24/h2-8,11,23-24H,9-10H2,1H3,(H,21,25). The van der Waals surface area contributed by atoms with Gasteiger partial charge >= 0.3 is 5.97 Å². The second-order valence-corrected chi connectivity index (χ2v) is 7.04.